The zero-order chi connectivity index (χ0) is 17.9. The SMILES string of the molecule is CC(Sc1nnc(Nc2cccc(F)c2)s1)c1nc(-c2cccs2)no1. The molecule has 4 rings (SSSR count). The highest BCUT2D eigenvalue weighted by Gasteiger charge is 2.19. The van der Waals surface area contributed by atoms with E-state index in [0.29, 0.717) is 22.5 Å². The van der Waals surface area contributed by atoms with Crippen LogP contribution in [0.2, 0.25) is 0 Å². The molecule has 1 N–H and O–H groups in total. The largest absolute Gasteiger partial charge is 0.338 e. The van der Waals surface area contributed by atoms with Gasteiger partial charge in [-0.15, -0.1) is 21.5 Å². The number of nitrogens with zero attached hydrogens (tertiary/aromatic N) is 4. The summed E-state index contributed by atoms with van der Waals surface area (Å²) in [6.45, 7) is 1.97. The standard InChI is InChI=1S/C16H12FN5OS3/c1-9(14-19-13(22-23-14)12-6-3-7-24-12)25-16-21-20-15(26-16)18-11-5-2-4-10(17)8-11/h2-9H,1H3,(H,18,20). The highest BCUT2D eigenvalue weighted by atomic mass is 32.2. The molecule has 3 aromatic heterocycles. The Morgan fingerprint density at radius 3 is 2.96 bits per heavy atom. The maximum atomic E-state index is 13.2. The molecule has 1 atom stereocenters. The fourth-order valence-electron chi connectivity index (χ4n) is 2.11. The molecule has 0 aliphatic rings. The molecule has 3 heterocycles. The number of nitrogens with one attached hydrogen (secondary N) is 1. The fraction of sp³-hybridized carbons (Fsp3) is 0.125. The molecule has 0 aliphatic heterocycles. The van der Waals surface area contributed by atoms with Gasteiger partial charge < -0.3 is 9.84 Å². The number of anilines is 2. The predicted octanol–water partition coefficient (Wildman–Crippen LogP) is 5.39. The van der Waals surface area contributed by atoms with E-state index in [4.69, 9.17) is 4.52 Å². The summed E-state index contributed by atoms with van der Waals surface area (Å²) in [4.78, 5) is 5.41. The minimum atomic E-state index is -0.305. The number of hydrogen-bond acceptors (Lipinski definition) is 9. The molecule has 1 unspecified atom stereocenters. The van der Waals surface area contributed by atoms with Gasteiger partial charge in [0.1, 0.15) is 5.82 Å². The molecule has 0 radical (unpaired) electrons. The van der Waals surface area contributed by atoms with Gasteiger partial charge >= 0.3 is 0 Å². The van der Waals surface area contributed by atoms with E-state index in [-0.39, 0.29) is 11.1 Å². The van der Waals surface area contributed by atoms with E-state index in [0.717, 1.165) is 9.22 Å². The third-order valence-electron chi connectivity index (χ3n) is 3.29. The molecule has 6 nitrogen and oxygen atoms in total. The Balaban J connectivity index is 1.42. The summed E-state index contributed by atoms with van der Waals surface area (Å²) in [6, 6.07) is 10.1. The third-order valence-corrected chi connectivity index (χ3v) is 6.17. The Kier molecular flexibility index (Phi) is 4.96. The van der Waals surface area contributed by atoms with Crippen molar-refractivity contribution in [1.29, 1.82) is 0 Å². The zero-order valence-electron chi connectivity index (χ0n) is 13.4. The van der Waals surface area contributed by atoms with Crippen LogP contribution in [0.3, 0.4) is 0 Å². The second kappa shape index (κ2) is 7.52. The Morgan fingerprint density at radius 2 is 2.15 bits per heavy atom. The van der Waals surface area contributed by atoms with Crippen LogP contribution < -0.4 is 5.32 Å². The van der Waals surface area contributed by atoms with E-state index >= 15 is 0 Å². The van der Waals surface area contributed by atoms with Gasteiger partial charge in [-0.3, -0.25) is 0 Å². The van der Waals surface area contributed by atoms with Gasteiger partial charge in [-0.1, -0.05) is 40.4 Å². The van der Waals surface area contributed by atoms with E-state index in [1.807, 2.05) is 24.4 Å². The van der Waals surface area contributed by atoms with Gasteiger partial charge in [-0.05, 0) is 36.6 Å². The van der Waals surface area contributed by atoms with Crippen LogP contribution in [0.4, 0.5) is 15.2 Å². The molecular formula is C16H12FN5OS3. The van der Waals surface area contributed by atoms with Crippen LogP contribution in [-0.2, 0) is 0 Å². The van der Waals surface area contributed by atoms with Crippen LogP contribution in [0.15, 0.2) is 50.6 Å². The number of thiophene rings is 1. The number of halogens is 1. The van der Waals surface area contributed by atoms with Crippen LogP contribution >= 0.6 is 34.4 Å². The first-order valence-electron chi connectivity index (χ1n) is 7.57. The van der Waals surface area contributed by atoms with Gasteiger partial charge in [-0.2, -0.15) is 4.98 Å². The lowest BCUT2D eigenvalue weighted by Gasteiger charge is -2.02. The Bertz CT molecular complexity index is 1000. The summed E-state index contributed by atoms with van der Waals surface area (Å²) in [5, 5.41) is 17.8. The molecule has 0 spiro atoms. The molecule has 1 aromatic carbocycles. The number of rotatable bonds is 6. The maximum absolute atomic E-state index is 13.2. The van der Waals surface area contributed by atoms with Crippen molar-refractivity contribution in [2.24, 2.45) is 0 Å². The van der Waals surface area contributed by atoms with Gasteiger partial charge in [0.25, 0.3) is 0 Å². The monoisotopic (exact) mass is 405 g/mol. The topological polar surface area (TPSA) is 76.7 Å². The van der Waals surface area contributed by atoms with Crippen molar-refractivity contribution in [2.75, 3.05) is 5.32 Å². The fourth-order valence-corrected chi connectivity index (χ4v) is 4.70. The highest BCUT2D eigenvalue weighted by Crippen LogP contribution is 2.38. The first-order valence-corrected chi connectivity index (χ1v) is 10.2. The zero-order valence-corrected chi connectivity index (χ0v) is 15.9. The van der Waals surface area contributed by atoms with E-state index < -0.39 is 0 Å². The lowest BCUT2D eigenvalue weighted by atomic mass is 10.3. The van der Waals surface area contributed by atoms with Gasteiger partial charge in [0.2, 0.25) is 16.8 Å². The lowest BCUT2D eigenvalue weighted by Crippen LogP contribution is -1.89. The molecule has 132 valence electrons. The molecule has 0 aliphatic carbocycles. The van der Waals surface area contributed by atoms with Crippen LogP contribution in [0, 0.1) is 5.82 Å². The summed E-state index contributed by atoms with van der Waals surface area (Å²) in [5.74, 6) is 0.821. The first kappa shape index (κ1) is 17.1. The van der Waals surface area contributed by atoms with Gasteiger partial charge in [0.05, 0.1) is 10.1 Å². The van der Waals surface area contributed by atoms with E-state index in [2.05, 4.69) is 25.7 Å². The Hall–Kier alpha value is -2.30. The summed E-state index contributed by atoms with van der Waals surface area (Å²) in [7, 11) is 0. The normalized spacial score (nSPS) is 12.2. The van der Waals surface area contributed by atoms with Crippen molar-refractivity contribution in [2.45, 2.75) is 16.5 Å². The average molecular weight is 406 g/mol. The molecule has 26 heavy (non-hydrogen) atoms. The summed E-state index contributed by atoms with van der Waals surface area (Å²) >= 11 is 4.42. The van der Waals surface area contributed by atoms with Crippen LogP contribution in [-0.4, -0.2) is 20.3 Å². The molecular weight excluding hydrogens is 393 g/mol. The highest BCUT2D eigenvalue weighted by molar-refractivity contribution is 8.01. The lowest BCUT2D eigenvalue weighted by molar-refractivity contribution is 0.381. The minimum absolute atomic E-state index is 0.0637. The van der Waals surface area contributed by atoms with Gasteiger partial charge in [-0.25, -0.2) is 4.39 Å². The smallest absolute Gasteiger partial charge is 0.240 e. The second-order valence-electron chi connectivity index (χ2n) is 5.20. The minimum Gasteiger partial charge on any atom is -0.338 e. The van der Waals surface area contributed by atoms with Crippen molar-refractivity contribution in [3.63, 3.8) is 0 Å². The molecule has 4 aromatic rings. The van der Waals surface area contributed by atoms with Gasteiger partial charge in [0.15, 0.2) is 4.34 Å². The summed E-state index contributed by atoms with van der Waals surface area (Å²) in [5.41, 5.74) is 0.628. The van der Waals surface area contributed by atoms with E-state index in [9.17, 15) is 4.39 Å². The summed E-state index contributed by atoms with van der Waals surface area (Å²) < 4.78 is 19.4. The summed E-state index contributed by atoms with van der Waals surface area (Å²) in [6.07, 6.45) is 0. The van der Waals surface area contributed by atoms with E-state index in [1.165, 1.54) is 35.2 Å². The Morgan fingerprint density at radius 1 is 1.23 bits per heavy atom. The third kappa shape index (κ3) is 3.92. The van der Waals surface area contributed by atoms with Crippen molar-refractivity contribution < 1.29 is 8.91 Å². The van der Waals surface area contributed by atoms with Crippen molar-refractivity contribution in [3.8, 4) is 10.7 Å². The number of benzene rings is 1. The number of hydrogen-bond donors (Lipinski definition) is 1. The predicted molar refractivity (Wildman–Crippen MR) is 101 cm³/mol. The second-order valence-corrected chi connectivity index (χ2v) is 8.72. The van der Waals surface area contributed by atoms with Crippen LogP contribution in [0.25, 0.3) is 10.7 Å². The van der Waals surface area contributed by atoms with E-state index in [1.54, 1.807) is 23.5 Å². The average Bonchev–Trinajstić information content (AvgIpc) is 3.36. The Labute approximate surface area is 160 Å². The van der Waals surface area contributed by atoms with Crippen molar-refractivity contribution in [1.82, 2.24) is 20.3 Å². The van der Waals surface area contributed by atoms with Gasteiger partial charge in [0, 0.05) is 5.69 Å². The molecule has 0 fully saturated rings. The van der Waals surface area contributed by atoms with Crippen LogP contribution in [0.5, 0.6) is 0 Å². The maximum Gasteiger partial charge on any atom is 0.240 e. The molecule has 0 amide bonds. The van der Waals surface area contributed by atoms with Crippen molar-refractivity contribution in [3.05, 3.63) is 53.5 Å². The first-order chi connectivity index (χ1) is 12.7. The van der Waals surface area contributed by atoms with Crippen molar-refractivity contribution >= 4 is 45.3 Å². The molecule has 0 saturated heterocycles. The molecule has 0 saturated carbocycles. The van der Waals surface area contributed by atoms with Crippen LogP contribution in [0.1, 0.15) is 18.1 Å². The molecule has 10 heteroatoms. The quantitative estimate of drug-likeness (QED) is 0.431. The number of aromatic nitrogens is 4. The molecule has 0 bridgehead atoms. The number of thioether (sulfide) groups is 1.